The van der Waals surface area contributed by atoms with Gasteiger partial charge in [-0.2, -0.15) is 13.2 Å². The van der Waals surface area contributed by atoms with Gasteiger partial charge in [0.15, 0.2) is 6.61 Å². The minimum atomic E-state index is -5.08. The summed E-state index contributed by atoms with van der Waals surface area (Å²) in [5.41, 5.74) is 1.93. The molecule has 3 N–H and O–H groups in total. The molecule has 2 rings (SSSR count). The molecule has 0 saturated heterocycles. The summed E-state index contributed by atoms with van der Waals surface area (Å²) in [6.45, 7) is 2.41. The number of carboxylic acids is 1. The van der Waals surface area contributed by atoms with Gasteiger partial charge in [0.05, 0.1) is 13.2 Å². The van der Waals surface area contributed by atoms with E-state index in [1.807, 2.05) is 36.4 Å². The van der Waals surface area contributed by atoms with Crippen LogP contribution in [0.2, 0.25) is 5.02 Å². The van der Waals surface area contributed by atoms with Crippen LogP contribution in [0.25, 0.3) is 0 Å². The van der Waals surface area contributed by atoms with Gasteiger partial charge in [0.2, 0.25) is 0 Å². The van der Waals surface area contributed by atoms with E-state index in [4.69, 9.17) is 26.2 Å². The Bertz CT molecular complexity index is 892. The Kier molecular flexibility index (Phi) is 11.7. The number of esters is 1. The highest BCUT2D eigenvalue weighted by Gasteiger charge is 2.38. The van der Waals surface area contributed by atoms with Gasteiger partial charge in [-0.05, 0) is 48.7 Å². The molecule has 2 aromatic rings. The zero-order valence-electron chi connectivity index (χ0n) is 17.9. The van der Waals surface area contributed by atoms with Gasteiger partial charge in [0.1, 0.15) is 5.75 Å². The number of benzene rings is 2. The number of methoxy groups -OCH3 is 1. The van der Waals surface area contributed by atoms with Crippen LogP contribution < -0.4 is 10.1 Å². The molecule has 0 amide bonds. The fourth-order valence-electron chi connectivity index (χ4n) is 2.49. The van der Waals surface area contributed by atoms with Crippen LogP contribution >= 0.6 is 11.6 Å². The molecule has 0 aliphatic heterocycles. The largest absolute Gasteiger partial charge is 0.490 e. The minimum Gasteiger partial charge on any atom is -0.482 e. The van der Waals surface area contributed by atoms with Crippen LogP contribution in [0.1, 0.15) is 24.2 Å². The lowest BCUT2D eigenvalue weighted by atomic mass is 10.1. The van der Waals surface area contributed by atoms with Gasteiger partial charge >= 0.3 is 18.1 Å². The zero-order chi connectivity index (χ0) is 25.0. The van der Waals surface area contributed by atoms with Crippen molar-refractivity contribution in [3.8, 4) is 5.75 Å². The van der Waals surface area contributed by atoms with Crippen molar-refractivity contribution in [1.29, 1.82) is 0 Å². The van der Waals surface area contributed by atoms with Gasteiger partial charge in [-0.25, -0.2) is 9.59 Å². The van der Waals surface area contributed by atoms with Crippen LogP contribution in [0.15, 0.2) is 48.5 Å². The molecule has 0 aliphatic rings. The summed E-state index contributed by atoms with van der Waals surface area (Å²) >= 11 is 5.95. The van der Waals surface area contributed by atoms with Gasteiger partial charge in [-0.15, -0.1) is 0 Å². The van der Waals surface area contributed by atoms with Gasteiger partial charge in [-0.1, -0.05) is 35.9 Å². The lowest BCUT2D eigenvalue weighted by Gasteiger charge is -2.18. The van der Waals surface area contributed by atoms with Crippen LogP contribution in [-0.4, -0.2) is 54.6 Å². The van der Waals surface area contributed by atoms with Gasteiger partial charge in [-0.3, -0.25) is 0 Å². The lowest BCUT2D eigenvalue weighted by Crippen LogP contribution is -2.32. The normalized spacial score (nSPS) is 12.7. The van der Waals surface area contributed by atoms with Crippen LogP contribution in [-0.2, 0) is 20.7 Å². The summed E-state index contributed by atoms with van der Waals surface area (Å²) in [6, 6.07) is 15.0. The van der Waals surface area contributed by atoms with Crippen molar-refractivity contribution in [2.45, 2.75) is 31.7 Å². The van der Waals surface area contributed by atoms with E-state index in [1.54, 1.807) is 12.1 Å². The van der Waals surface area contributed by atoms with Crippen molar-refractivity contribution in [3.05, 3.63) is 64.7 Å². The number of carbonyl (C=O) groups is 2. The first kappa shape index (κ1) is 28.2. The molecule has 0 aromatic heterocycles. The lowest BCUT2D eigenvalue weighted by molar-refractivity contribution is -0.192. The number of ether oxygens (including phenoxy) is 2. The number of halogens is 4. The Morgan fingerprint density at radius 3 is 2.27 bits per heavy atom. The molecular weight excluding hydrogens is 467 g/mol. The van der Waals surface area contributed by atoms with Crippen LogP contribution in [0.5, 0.6) is 5.75 Å². The molecule has 11 heteroatoms. The third kappa shape index (κ3) is 11.6. The molecular formula is C22H25ClF3NO6. The molecule has 33 heavy (non-hydrogen) atoms. The molecule has 0 fully saturated rings. The smallest absolute Gasteiger partial charge is 0.482 e. The molecule has 2 aromatic carbocycles. The summed E-state index contributed by atoms with van der Waals surface area (Å²) in [5.74, 6) is -2.55. The predicted molar refractivity (Wildman–Crippen MR) is 115 cm³/mol. The van der Waals surface area contributed by atoms with Gasteiger partial charge < -0.3 is 25.0 Å². The number of hydrogen-bond acceptors (Lipinski definition) is 6. The summed E-state index contributed by atoms with van der Waals surface area (Å²) in [4.78, 5) is 20.0. The summed E-state index contributed by atoms with van der Waals surface area (Å²) in [5, 5.41) is 21.3. The first-order chi connectivity index (χ1) is 15.4. The van der Waals surface area contributed by atoms with Gasteiger partial charge in [0.25, 0.3) is 0 Å². The molecule has 0 spiro atoms. The molecule has 0 bridgehead atoms. The van der Waals surface area contributed by atoms with Crippen molar-refractivity contribution in [3.63, 3.8) is 0 Å². The first-order valence-electron chi connectivity index (χ1n) is 9.68. The van der Waals surface area contributed by atoms with E-state index in [1.165, 1.54) is 7.11 Å². The van der Waals surface area contributed by atoms with E-state index < -0.39 is 24.2 Å². The van der Waals surface area contributed by atoms with Crippen LogP contribution in [0.4, 0.5) is 13.2 Å². The average Bonchev–Trinajstić information content (AvgIpc) is 2.76. The fraction of sp³-hybridized carbons (Fsp3) is 0.364. The molecule has 2 unspecified atom stereocenters. The number of carbonyl (C=O) groups excluding carboxylic acids is 1. The second-order valence-electron chi connectivity index (χ2n) is 6.90. The number of hydrogen-bond donors (Lipinski definition) is 3. The molecule has 0 heterocycles. The van der Waals surface area contributed by atoms with E-state index in [0.29, 0.717) is 17.3 Å². The highest BCUT2D eigenvalue weighted by atomic mass is 35.5. The second kappa shape index (κ2) is 13.7. The van der Waals surface area contributed by atoms with E-state index in [2.05, 4.69) is 17.0 Å². The van der Waals surface area contributed by atoms with Crippen LogP contribution in [0.3, 0.4) is 0 Å². The topological polar surface area (TPSA) is 105 Å². The Morgan fingerprint density at radius 2 is 1.76 bits per heavy atom. The summed E-state index contributed by atoms with van der Waals surface area (Å²) in [7, 11) is 1.33. The van der Waals surface area contributed by atoms with E-state index in [0.717, 1.165) is 17.5 Å². The molecule has 182 valence electrons. The third-order valence-electron chi connectivity index (χ3n) is 4.19. The molecule has 2 atom stereocenters. The quantitative estimate of drug-likeness (QED) is 0.458. The standard InChI is InChI=1S/C20H24ClNO4.C2HF3O2/c1-14(22-12-19(23)16-4-3-5-17(21)11-16)10-15-6-8-18(9-7-15)26-13-20(24)25-2;3-2(4,5)1(6)7/h3-9,11,14,19,22-23H,10,12-13H2,1-2H3;(H,6,7). The number of carboxylic acid groups (broad SMARTS) is 1. The van der Waals surface area contributed by atoms with Crippen molar-refractivity contribution < 1.29 is 42.4 Å². The Balaban J connectivity index is 0.000000675. The maximum absolute atomic E-state index is 11.1. The molecule has 7 nitrogen and oxygen atoms in total. The maximum Gasteiger partial charge on any atom is 0.490 e. The van der Waals surface area contributed by atoms with Crippen LogP contribution in [0, 0.1) is 0 Å². The van der Waals surface area contributed by atoms with E-state index in [9.17, 15) is 23.1 Å². The van der Waals surface area contributed by atoms with Crippen molar-refractivity contribution in [2.75, 3.05) is 20.3 Å². The highest BCUT2D eigenvalue weighted by Crippen LogP contribution is 2.18. The average molecular weight is 492 g/mol. The summed E-state index contributed by atoms with van der Waals surface area (Å²) < 4.78 is 41.6. The first-order valence-corrected chi connectivity index (χ1v) is 10.1. The van der Waals surface area contributed by atoms with E-state index in [-0.39, 0.29) is 12.6 Å². The monoisotopic (exact) mass is 491 g/mol. The van der Waals surface area contributed by atoms with E-state index >= 15 is 0 Å². The number of aliphatic hydroxyl groups is 1. The van der Waals surface area contributed by atoms with Crippen molar-refractivity contribution >= 4 is 23.5 Å². The van der Waals surface area contributed by atoms with Gasteiger partial charge in [0, 0.05) is 17.6 Å². The number of aliphatic carboxylic acids is 1. The minimum absolute atomic E-state index is 0.102. The highest BCUT2D eigenvalue weighted by molar-refractivity contribution is 6.30. The molecule has 0 radical (unpaired) electrons. The second-order valence-corrected chi connectivity index (χ2v) is 7.33. The summed E-state index contributed by atoms with van der Waals surface area (Å²) in [6.07, 6.45) is -4.88. The number of nitrogens with one attached hydrogen (secondary N) is 1. The Hall–Kier alpha value is -2.82. The number of rotatable bonds is 9. The number of alkyl halides is 3. The SMILES string of the molecule is COC(=O)COc1ccc(CC(C)NCC(O)c2cccc(Cl)c2)cc1.O=C(O)C(F)(F)F. The van der Waals surface area contributed by atoms with Crippen molar-refractivity contribution in [2.24, 2.45) is 0 Å². The molecule has 0 saturated carbocycles. The molecule has 0 aliphatic carbocycles. The van der Waals surface area contributed by atoms with Crippen molar-refractivity contribution in [1.82, 2.24) is 5.32 Å². The Labute approximate surface area is 194 Å². The predicted octanol–water partition coefficient (Wildman–Crippen LogP) is 3.78. The maximum atomic E-state index is 11.1. The number of aliphatic hydroxyl groups excluding tert-OH is 1. The fourth-order valence-corrected chi connectivity index (χ4v) is 2.69. The third-order valence-corrected chi connectivity index (χ3v) is 4.42. The zero-order valence-corrected chi connectivity index (χ0v) is 18.7. The Morgan fingerprint density at radius 1 is 1.15 bits per heavy atom.